The first-order valence-electron chi connectivity index (χ1n) is 9.40. The monoisotopic (exact) mass is 430 g/mol. The zero-order valence-electron chi connectivity index (χ0n) is 16.2. The minimum atomic E-state index is -1.55. The number of halogens is 1. The van der Waals surface area contributed by atoms with Gasteiger partial charge in [0.2, 0.25) is 0 Å². The molecular formula is C18H41BrNO5+. The molecule has 0 bridgehead atoms. The van der Waals surface area contributed by atoms with Crippen molar-refractivity contribution in [3.8, 4) is 0 Å². The molecule has 0 heterocycles. The van der Waals surface area contributed by atoms with Crippen molar-refractivity contribution in [3.05, 3.63) is 0 Å². The van der Waals surface area contributed by atoms with Crippen LogP contribution < -0.4 is 0 Å². The highest BCUT2D eigenvalue weighted by Gasteiger charge is 2.33. The van der Waals surface area contributed by atoms with Crippen molar-refractivity contribution in [2.24, 2.45) is 0 Å². The second-order valence-electron chi connectivity index (χ2n) is 7.62. The summed E-state index contributed by atoms with van der Waals surface area (Å²) >= 11 is 0. The van der Waals surface area contributed by atoms with Crippen LogP contribution in [0.1, 0.15) is 58.3 Å². The molecule has 0 aliphatic rings. The van der Waals surface area contributed by atoms with Crippen LogP contribution in [0.25, 0.3) is 0 Å². The zero-order valence-corrected chi connectivity index (χ0v) is 17.9. The molecule has 154 valence electrons. The summed E-state index contributed by atoms with van der Waals surface area (Å²) in [5, 5.41) is 47.8. The molecule has 4 atom stereocenters. The van der Waals surface area contributed by atoms with E-state index in [0.29, 0.717) is 4.48 Å². The van der Waals surface area contributed by atoms with Gasteiger partial charge in [-0.05, 0) is 12.8 Å². The molecule has 25 heavy (non-hydrogen) atoms. The number of aliphatic hydroxyl groups excluding tert-OH is 5. The van der Waals surface area contributed by atoms with Gasteiger partial charge in [-0.15, -0.1) is 17.0 Å². The van der Waals surface area contributed by atoms with Crippen molar-refractivity contribution in [1.82, 2.24) is 0 Å². The third kappa shape index (κ3) is 13.1. The lowest BCUT2D eigenvalue weighted by atomic mass is 10.0. The van der Waals surface area contributed by atoms with E-state index in [4.69, 9.17) is 5.11 Å². The second-order valence-corrected chi connectivity index (χ2v) is 7.62. The van der Waals surface area contributed by atoms with Crippen molar-refractivity contribution < 1.29 is 30.0 Å². The maximum absolute atomic E-state index is 10.1. The predicted octanol–water partition coefficient (Wildman–Crippen LogP) is 1.22. The fourth-order valence-corrected chi connectivity index (χ4v) is 2.94. The molecule has 0 spiro atoms. The summed E-state index contributed by atoms with van der Waals surface area (Å²) < 4.78 is 0.538. The summed E-state index contributed by atoms with van der Waals surface area (Å²) in [7, 11) is 3.96. The Kier molecular flexibility index (Phi) is 16.8. The van der Waals surface area contributed by atoms with Crippen LogP contribution in [-0.2, 0) is 0 Å². The summed E-state index contributed by atoms with van der Waals surface area (Å²) in [6.45, 7) is 2.74. The Morgan fingerprint density at radius 3 is 1.64 bits per heavy atom. The highest BCUT2D eigenvalue weighted by molar-refractivity contribution is 8.93. The Morgan fingerprint density at radius 1 is 0.720 bits per heavy atom. The van der Waals surface area contributed by atoms with Gasteiger partial charge in [0.25, 0.3) is 0 Å². The third-order valence-corrected chi connectivity index (χ3v) is 4.62. The highest BCUT2D eigenvalue weighted by atomic mass is 79.9. The molecule has 5 N–H and O–H groups in total. The number of aliphatic hydroxyl groups is 5. The first-order valence-corrected chi connectivity index (χ1v) is 9.40. The standard InChI is InChI=1S/C18H40NO5.BrH/c1-4-5-6-7-8-9-10-11-12-19(2,3)13-15(21)17(23)18(24)16(22)14-20;/h15-18,20-24H,4-14H2,1-3H3;1H/q+1;. The van der Waals surface area contributed by atoms with Crippen LogP contribution in [0.5, 0.6) is 0 Å². The van der Waals surface area contributed by atoms with Crippen molar-refractivity contribution in [3.63, 3.8) is 0 Å². The molecule has 0 aromatic carbocycles. The zero-order chi connectivity index (χ0) is 18.6. The van der Waals surface area contributed by atoms with E-state index in [1.165, 1.54) is 38.5 Å². The predicted molar refractivity (Wildman–Crippen MR) is 106 cm³/mol. The molecule has 0 aromatic heterocycles. The summed E-state index contributed by atoms with van der Waals surface area (Å²) in [5.74, 6) is 0. The van der Waals surface area contributed by atoms with Crippen molar-refractivity contribution >= 4 is 17.0 Å². The van der Waals surface area contributed by atoms with Crippen LogP contribution in [0, 0.1) is 0 Å². The van der Waals surface area contributed by atoms with Gasteiger partial charge < -0.3 is 30.0 Å². The van der Waals surface area contributed by atoms with Crippen molar-refractivity contribution in [2.45, 2.75) is 82.7 Å². The van der Waals surface area contributed by atoms with Crippen LogP contribution in [0.2, 0.25) is 0 Å². The number of unbranched alkanes of at least 4 members (excludes halogenated alkanes) is 7. The fourth-order valence-electron chi connectivity index (χ4n) is 2.94. The second kappa shape index (κ2) is 15.3. The molecule has 0 aromatic rings. The number of rotatable bonds is 15. The summed E-state index contributed by atoms with van der Waals surface area (Å²) in [5.41, 5.74) is 0. The molecule has 0 aliphatic carbocycles. The van der Waals surface area contributed by atoms with Gasteiger partial charge in [-0.2, -0.15) is 0 Å². The quantitative estimate of drug-likeness (QED) is 0.198. The molecule has 7 heteroatoms. The Hall–Kier alpha value is 0.240. The molecule has 0 fully saturated rings. The number of hydrogen-bond acceptors (Lipinski definition) is 5. The van der Waals surface area contributed by atoms with Crippen molar-refractivity contribution in [2.75, 3.05) is 33.8 Å². The highest BCUT2D eigenvalue weighted by Crippen LogP contribution is 2.13. The minimum absolute atomic E-state index is 0. The fraction of sp³-hybridized carbons (Fsp3) is 1.00. The largest absolute Gasteiger partial charge is 0.394 e. The van der Waals surface area contributed by atoms with Gasteiger partial charge in [-0.3, -0.25) is 0 Å². The van der Waals surface area contributed by atoms with E-state index < -0.39 is 31.0 Å². The van der Waals surface area contributed by atoms with E-state index >= 15 is 0 Å². The molecule has 0 saturated carbocycles. The number of likely N-dealkylation sites (N-methyl/N-ethyl adjacent to an activating group) is 1. The van der Waals surface area contributed by atoms with E-state index in [-0.39, 0.29) is 23.5 Å². The van der Waals surface area contributed by atoms with Gasteiger partial charge in [0, 0.05) is 0 Å². The third-order valence-electron chi connectivity index (χ3n) is 4.62. The Morgan fingerprint density at radius 2 is 1.16 bits per heavy atom. The summed E-state index contributed by atoms with van der Waals surface area (Å²) in [6, 6.07) is 0. The van der Waals surface area contributed by atoms with Gasteiger partial charge >= 0.3 is 0 Å². The normalized spacial score (nSPS) is 16.8. The SMILES string of the molecule is Br.CCCCCCCCCC[N+](C)(C)CC(O)C(O)C(O)C(O)CO. The van der Waals surface area contributed by atoms with E-state index in [1.54, 1.807) is 0 Å². The van der Waals surface area contributed by atoms with Crippen LogP contribution in [0.3, 0.4) is 0 Å². The molecule has 0 saturated heterocycles. The molecule has 6 nitrogen and oxygen atoms in total. The Bertz CT molecular complexity index is 307. The van der Waals surface area contributed by atoms with Crippen LogP contribution in [0.15, 0.2) is 0 Å². The molecular weight excluding hydrogens is 390 g/mol. The lowest BCUT2D eigenvalue weighted by Gasteiger charge is -2.34. The van der Waals surface area contributed by atoms with Crippen molar-refractivity contribution in [1.29, 1.82) is 0 Å². The van der Waals surface area contributed by atoms with E-state index in [0.717, 1.165) is 19.4 Å². The number of hydrogen-bond donors (Lipinski definition) is 5. The number of quaternary nitrogens is 1. The van der Waals surface area contributed by atoms with E-state index in [2.05, 4.69) is 6.92 Å². The minimum Gasteiger partial charge on any atom is -0.394 e. The van der Waals surface area contributed by atoms with Gasteiger partial charge in [-0.25, -0.2) is 0 Å². The smallest absolute Gasteiger partial charge is 0.131 e. The molecule has 0 rings (SSSR count). The van der Waals surface area contributed by atoms with Gasteiger partial charge in [0.1, 0.15) is 31.0 Å². The maximum atomic E-state index is 10.1. The first-order chi connectivity index (χ1) is 11.2. The van der Waals surface area contributed by atoms with Gasteiger partial charge in [0.05, 0.1) is 27.2 Å². The number of nitrogens with zero attached hydrogens (tertiary/aromatic N) is 1. The lowest BCUT2D eigenvalue weighted by Crippen LogP contribution is -2.54. The molecule has 4 unspecified atom stereocenters. The average molecular weight is 431 g/mol. The van der Waals surface area contributed by atoms with Crippen LogP contribution in [-0.4, -0.2) is 88.2 Å². The Labute approximate surface area is 163 Å². The Balaban J connectivity index is 0. The van der Waals surface area contributed by atoms with E-state index in [9.17, 15) is 20.4 Å². The van der Waals surface area contributed by atoms with Crippen LogP contribution in [0.4, 0.5) is 0 Å². The first kappa shape index (κ1) is 27.5. The van der Waals surface area contributed by atoms with E-state index in [1.807, 2.05) is 14.1 Å². The molecule has 0 radical (unpaired) electrons. The lowest BCUT2D eigenvalue weighted by molar-refractivity contribution is -0.894. The summed E-state index contributed by atoms with van der Waals surface area (Å²) in [6.07, 6.45) is 4.34. The maximum Gasteiger partial charge on any atom is 0.131 e. The van der Waals surface area contributed by atoms with Gasteiger partial charge in [-0.1, -0.05) is 45.4 Å². The van der Waals surface area contributed by atoms with Gasteiger partial charge in [0.15, 0.2) is 0 Å². The topological polar surface area (TPSA) is 101 Å². The van der Waals surface area contributed by atoms with Crippen LogP contribution >= 0.6 is 17.0 Å². The molecule has 0 amide bonds. The summed E-state index contributed by atoms with van der Waals surface area (Å²) in [4.78, 5) is 0. The molecule has 0 aliphatic heterocycles. The average Bonchev–Trinajstić information content (AvgIpc) is 2.54.